The molecule has 1 fully saturated rings. The van der Waals surface area contributed by atoms with Crippen LogP contribution in [0.4, 0.5) is 0 Å². The van der Waals surface area contributed by atoms with E-state index in [4.69, 9.17) is 4.43 Å². The molecule has 0 saturated carbocycles. The Morgan fingerprint density at radius 3 is 2.18 bits per heavy atom. The molecule has 1 aromatic carbocycles. The van der Waals surface area contributed by atoms with Gasteiger partial charge in [-0.2, -0.15) is 0 Å². The fourth-order valence-electron chi connectivity index (χ4n) is 2.80. The van der Waals surface area contributed by atoms with Crippen LogP contribution in [0.15, 0.2) is 30.3 Å². The first-order chi connectivity index (χ1) is 7.77. The number of benzene rings is 1. The first kappa shape index (κ1) is 13.1. The maximum atomic E-state index is 6.66. The van der Waals surface area contributed by atoms with E-state index < -0.39 is 16.4 Å². The summed E-state index contributed by atoms with van der Waals surface area (Å²) >= 11 is 0. The summed E-state index contributed by atoms with van der Waals surface area (Å²) in [6.45, 7) is 12.0. The Morgan fingerprint density at radius 1 is 1.00 bits per heavy atom. The fraction of sp³-hybridized carbons (Fsp3) is 0.571. The van der Waals surface area contributed by atoms with Crippen LogP contribution in [-0.2, 0) is 9.65 Å². The molecule has 94 valence electrons. The predicted octanol–water partition coefficient (Wildman–Crippen LogP) is 4.38. The summed E-state index contributed by atoms with van der Waals surface area (Å²) in [6, 6.07) is 13.6. The largest absolute Gasteiger partial charge is 0.411 e. The van der Waals surface area contributed by atoms with Crippen molar-refractivity contribution in [1.82, 2.24) is 0 Å². The van der Waals surface area contributed by atoms with E-state index >= 15 is 0 Å². The van der Waals surface area contributed by atoms with Gasteiger partial charge >= 0.3 is 0 Å². The lowest BCUT2D eigenvalue weighted by atomic mass is 10.1. The van der Waals surface area contributed by atoms with Gasteiger partial charge in [0.1, 0.15) is 0 Å². The normalized spacial score (nSPS) is 31.1. The van der Waals surface area contributed by atoms with E-state index in [2.05, 4.69) is 63.4 Å². The molecule has 17 heavy (non-hydrogen) atoms. The zero-order valence-electron chi connectivity index (χ0n) is 11.7. The van der Waals surface area contributed by atoms with Crippen molar-refractivity contribution < 1.29 is 4.43 Å². The molecule has 1 aromatic rings. The van der Waals surface area contributed by atoms with Gasteiger partial charge in [-0.3, -0.25) is 0 Å². The maximum Gasteiger partial charge on any atom is 0.187 e. The van der Waals surface area contributed by atoms with Gasteiger partial charge in [0.25, 0.3) is 0 Å². The molecule has 0 aromatic heterocycles. The van der Waals surface area contributed by atoms with Gasteiger partial charge in [-0.15, -0.1) is 0 Å². The third-order valence-corrected chi connectivity index (χ3v) is 12.0. The smallest absolute Gasteiger partial charge is 0.187 e. The zero-order valence-corrected chi connectivity index (χ0v) is 13.7. The zero-order chi connectivity index (χ0) is 12.7. The average Bonchev–Trinajstić information content (AvgIpc) is 2.26. The highest BCUT2D eigenvalue weighted by molar-refractivity contribution is 6.85. The van der Waals surface area contributed by atoms with Crippen molar-refractivity contribution >= 4 is 16.4 Å². The first-order valence-corrected chi connectivity index (χ1v) is 12.8. The summed E-state index contributed by atoms with van der Waals surface area (Å²) in [5.41, 5.74) is 1.39. The summed E-state index contributed by atoms with van der Waals surface area (Å²) in [6.07, 6.45) is 0. The highest BCUT2D eigenvalue weighted by Crippen LogP contribution is 2.46. The van der Waals surface area contributed by atoms with Crippen LogP contribution in [0.5, 0.6) is 0 Å². The Kier molecular flexibility index (Phi) is 3.13. The molecule has 1 aliphatic rings. The van der Waals surface area contributed by atoms with E-state index in [9.17, 15) is 0 Å². The molecule has 1 saturated heterocycles. The molecule has 0 N–H and O–H groups in total. The van der Waals surface area contributed by atoms with Crippen molar-refractivity contribution in [3.63, 3.8) is 0 Å². The summed E-state index contributed by atoms with van der Waals surface area (Å²) in [4.78, 5) is 0. The van der Waals surface area contributed by atoms with Gasteiger partial charge in [-0.05, 0) is 31.6 Å². The Labute approximate surface area is 107 Å². The number of hydrogen-bond acceptors (Lipinski definition) is 1. The van der Waals surface area contributed by atoms with E-state index in [0.29, 0.717) is 0 Å². The summed E-state index contributed by atoms with van der Waals surface area (Å²) in [7, 11) is -2.82. The van der Waals surface area contributed by atoms with E-state index in [1.807, 2.05) is 0 Å². The lowest BCUT2D eigenvalue weighted by Crippen LogP contribution is -2.60. The molecular weight excluding hydrogens is 240 g/mol. The quantitative estimate of drug-likeness (QED) is 0.684. The lowest BCUT2D eigenvalue weighted by molar-refractivity contribution is 0.146. The van der Waals surface area contributed by atoms with Crippen molar-refractivity contribution in [3.8, 4) is 0 Å². The van der Waals surface area contributed by atoms with Crippen molar-refractivity contribution in [2.24, 2.45) is 0 Å². The Hall–Kier alpha value is -0.386. The molecule has 0 aliphatic carbocycles. The summed E-state index contributed by atoms with van der Waals surface area (Å²) < 4.78 is 6.66. The van der Waals surface area contributed by atoms with Crippen molar-refractivity contribution in [3.05, 3.63) is 35.9 Å². The first-order valence-electron chi connectivity index (χ1n) is 6.53. The minimum Gasteiger partial charge on any atom is -0.411 e. The van der Waals surface area contributed by atoms with Crippen LogP contribution in [0.3, 0.4) is 0 Å². The van der Waals surface area contributed by atoms with Crippen LogP contribution in [0.25, 0.3) is 0 Å². The van der Waals surface area contributed by atoms with Gasteiger partial charge in [0.05, 0.1) is 13.3 Å². The average molecular weight is 265 g/mol. The highest BCUT2D eigenvalue weighted by atomic mass is 28.4. The van der Waals surface area contributed by atoms with Crippen LogP contribution in [0.1, 0.15) is 12.5 Å². The van der Waals surface area contributed by atoms with Crippen LogP contribution in [0.2, 0.25) is 38.3 Å². The van der Waals surface area contributed by atoms with Crippen LogP contribution < -0.4 is 0 Å². The van der Waals surface area contributed by atoms with Crippen LogP contribution >= 0.6 is 0 Å². The minimum absolute atomic E-state index is 0.00221. The van der Waals surface area contributed by atoms with Crippen molar-refractivity contribution in [2.45, 2.75) is 50.4 Å². The van der Waals surface area contributed by atoms with Crippen LogP contribution in [-0.4, -0.2) is 16.4 Å². The monoisotopic (exact) mass is 264 g/mol. The minimum atomic E-state index is -1.46. The highest BCUT2D eigenvalue weighted by Gasteiger charge is 2.52. The molecule has 1 unspecified atom stereocenters. The van der Waals surface area contributed by atoms with Crippen molar-refractivity contribution in [1.29, 1.82) is 0 Å². The molecular formula is C14H24OSi2. The second-order valence-electron chi connectivity index (χ2n) is 6.64. The maximum absolute atomic E-state index is 6.66. The summed E-state index contributed by atoms with van der Waals surface area (Å²) in [5, 5.41) is 0.00221. The van der Waals surface area contributed by atoms with E-state index in [1.54, 1.807) is 0 Å². The van der Waals surface area contributed by atoms with Gasteiger partial charge in [-0.25, -0.2) is 0 Å². The van der Waals surface area contributed by atoms with Gasteiger partial charge in [0, 0.05) is 0 Å². The lowest BCUT2D eigenvalue weighted by Gasteiger charge is -2.52. The van der Waals surface area contributed by atoms with Crippen LogP contribution in [0, 0.1) is 0 Å². The Balaban J connectivity index is 2.45. The molecule has 1 atom stereocenters. The third kappa shape index (κ3) is 2.28. The second kappa shape index (κ2) is 4.07. The second-order valence-corrected chi connectivity index (χ2v) is 16.1. The molecule has 3 heteroatoms. The van der Waals surface area contributed by atoms with E-state index in [-0.39, 0.29) is 5.22 Å². The van der Waals surface area contributed by atoms with Crippen molar-refractivity contribution in [2.75, 3.05) is 0 Å². The van der Waals surface area contributed by atoms with E-state index in [0.717, 1.165) is 0 Å². The molecule has 0 amide bonds. The Morgan fingerprint density at radius 2 is 1.59 bits per heavy atom. The SMILES string of the molecule is CC1(c2ccccc2)O[Si](C)(C)CC[Si]1(C)C. The predicted molar refractivity (Wildman–Crippen MR) is 79.5 cm³/mol. The standard InChI is InChI=1S/C14H24OSi2/c1-14(13-9-7-6-8-10-13)15-17(4,5)12-11-16(14,2)3/h6-10H,11-12H2,1-5H3. The molecule has 0 spiro atoms. The molecule has 0 bridgehead atoms. The van der Waals surface area contributed by atoms with E-state index in [1.165, 1.54) is 17.7 Å². The molecule has 1 nitrogen and oxygen atoms in total. The number of hydrogen-bond donors (Lipinski definition) is 0. The molecule has 2 rings (SSSR count). The summed E-state index contributed by atoms with van der Waals surface area (Å²) in [5.74, 6) is 0. The third-order valence-electron chi connectivity index (χ3n) is 4.45. The fourth-order valence-corrected chi connectivity index (χ4v) is 12.4. The van der Waals surface area contributed by atoms with Gasteiger partial charge in [-0.1, -0.05) is 49.5 Å². The van der Waals surface area contributed by atoms with Gasteiger partial charge < -0.3 is 4.43 Å². The topological polar surface area (TPSA) is 9.23 Å². The number of rotatable bonds is 1. The molecule has 1 heterocycles. The Bertz CT molecular complexity index is 400. The molecule has 0 radical (unpaired) electrons. The van der Waals surface area contributed by atoms with Gasteiger partial charge in [0.15, 0.2) is 8.32 Å². The molecule has 1 aliphatic heterocycles. The van der Waals surface area contributed by atoms with Gasteiger partial charge in [0.2, 0.25) is 0 Å².